The molecule has 0 aromatic heterocycles. The van der Waals surface area contributed by atoms with Gasteiger partial charge >= 0.3 is 12.2 Å². The van der Waals surface area contributed by atoms with Crippen molar-refractivity contribution in [2.24, 2.45) is 5.41 Å². The molecule has 0 radical (unpaired) electrons. The van der Waals surface area contributed by atoms with E-state index in [4.69, 9.17) is 28.4 Å². The van der Waals surface area contributed by atoms with Crippen LogP contribution in [0.2, 0.25) is 0 Å². The number of nitrogens with zero attached hydrogens (tertiary/aromatic N) is 6. The molecule has 0 bridgehead atoms. The van der Waals surface area contributed by atoms with Gasteiger partial charge in [-0.3, -0.25) is 14.5 Å². The molecule has 1 aliphatic carbocycles. The highest BCUT2D eigenvalue weighted by Crippen LogP contribution is 2.57. The van der Waals surface area contributed by atoms with Crippen molar-refractivity contribution >= 4 is 46.6 Å². The highest BCUT2D eigenvalue weighted by Gasteiger charge is 2.58. The van der Waals surface area contributed by atoms with Crippen LogP contribution in [0.15, 0.2) is 80.0 Å². The Labute approximate surface area is 403 Å². The highest BCUT2D eigenvalue weighted by atomic mass is 16.6. The van der Waals surface area contributed by atoms with E-state index >= 15 is 0 Å². The Hall–Kier alpha value is -6.72. The minimum Gasteiger partial charge on any atom is -0.493 e. The molecule has 3 aromatic rings. The van der Waals surface area contributed by atoms with Gasteiger partial charge in [-0.1, -0.05) is 37.4 Å². The van der Waals surface area contributed by atoms with Gasteiger partial charge in [-0.2, -0.15) is 0 Å². The highest BCUT2D eigenvalue weighted by molar-refractivity contribution is 6.07. The number of methoxy groups -OCH3 is 2. The van der Waals surface area contributed by atoms with E-state index in [0.29, 0.717) is 73.9 Å². The van der Waals surface area contributed by atoms with E-state index in [0.717, 1.165) is 55.1 Å². The topological polar surface area (TPSA) is 163 Å². The number of aliphatic hydroxyl groups excluding tert-OH is 1. The summed E-state index contributed by atoms with van der Waals surface area (Å²) in [5, 5.41) is 11.7. The van der Waals surface area contributed by atoms with Gasteiger partial charge in [-0.15, -0.1) is 0 Å². The number of hydrogen-bond acceptors (Lipinski definition) is 13. The zero-order valence-corrected chi connectivity index (χ0v) is 39.7. The van der Waals surface area contributed by atoms with Crippen LogP contribution < -0.4 is 33.6 Å². The summed E-state index contributed by atoms with van der Waals surface area (Å²) >= 11 is 0. The Kier molecular flexibility index (Phi) is 13.8. The number of amides is 4. The van der Waals surface area contributed by atoms with Crippen molar-refractivity contribution in [2.45, 2.75) is 63.3 Å². The monoisotopic (exact) mass is 946 g/mol. The van der Waals surface area contributed by atoms with E-state index < -0.39 is 24.5 Å². The molecule has 17 heteroatoms. The molecular weight excluding hydrogens is 885 g/mol. The number of piperazine rings is 1. The maximum absolute atomic E-state index is 14.4. The predicted molar refractivity (Wildman–Crippen MR) is 260 cm³/mol. The molecule has 3 fully saturated rings. The van der Waals surface area contributed by atoms with E-state index in [1.54, 1.807) is 34.1 Å². The Bertz CT molecular complexity index is 2500. The molecule has 9 rings (SSSR count). The quantitative estimate of drug-likeness (QED) is 0.116. The second-order valence-corrected chi connectivity index (χ2v) is 18.7. The number of benzene rings is 3. The fourth-order valence-electron chi connectivity index (χ4n) is 10.2. The second kappa shape index (κ2) is 20.1. The summed E-state index contributed by atoms with van der Waals surface area (Å²) in [7, 11) is 5.13. The largest absolute Gasteiger partial charge is 0.493 e. The molecule has 1 saturated carbocycles. The Balaban J connectivity index is 0.858. The molecule has 366 valence electrons. The standard InChI is InChI=1S/C52H62N6O11/c1-6-21-68-50(62)56-32-37-25-35(34-11-13-36(14-12-34)54-19-17-53(3)18-20-54)31-55(37)47(59)38-26-43(64-4)45(28-40(38)56)66-23-9-8-10-24-67-46-29-41-39(27-44(46)65-5)48(60)57-33-52(15-16-52)30-42(57)49(61)58(41)51(63)69-22-7-2/h6-7,11-14,26-29,31,37,42,49,61H,1-2,8-10,15-25,30,32-33H2,3-5H3/t37-,42-,49?/m0/s1. The Morgan fingerprint density at radius 1 is 0.783 bits per heavy atom. The lowest BCUT2D eigenvalue weighted by Crippen LogP contribution is -2.50. The average molecular weight is 947 g/mol. The van der Waals surface area contributed by atoms with E-state index in [2.05, 4.69) is 54.3 Å². The maximum atomic E-state index is 14.4. The Morgan fingerprint density at radius 3 is 2.00 bits per heavy atom. The van der Waals surface area contributed by atoms with Crippen LogP contribution in [0.25, 0.3) is 5.57 Å². The first-order valence-electron chi connectivity index (χ1n) is 23.8. The number of rotatable bonds is 16. The van der Waals surface area contributed by atoms with Crippen molar-refractivity contribution in [1.82, 2.24) is 14.7 Å². The Morgan fingerprint density at radius 2 is 1.39 bits per heavy atom. The molecule has 6 aliphatic rings. The van der Waals surface area contributed by atoms with Gasteiger partial charge in [0.15, 0.2) is 29.2 Å². The number of anilines is 3. The number of fused-ring (bicyclic) bond motifs is 4. The first kappa shape index (κ1) is 47.4. The van der Waals surface area contributed by atoms with Crippen LogP contribution in [0, 0.1) is 5.41 Å². The van der Waals surface area contributed by atoms with Crippen LogP contribution in [-0.4, -0.2) is 149 Å². The predicted octanol–water partition coefficient (Wildman–Crippen LogP) is 6.94. The number of likely N-dealkylation sites (N-methyl/N-ethyl adjacent to an activating group) is 1. The first-order valence-corrected chi connectivity index (χ1v) is 23.8. The van der Waals surface area contributed by atoms with Crippen molar-refractivity contribution in [1.29, 1.82) is 0 Å². The smallest absolute Gasteiger partial charge is 0.416 e. The number of aliphatic hydroxyl groups is 1. The van der Waals surface area contributed by atoms with Gasteiger partial charge in [0.1, 0.15) is 13.2 Å². The molecule has 2 saturated heterocycles. The number of ether oxygens (including phenoxy) is 6. The van der Waals surface area contributed by atoms with E-state index in [1.807, 2.05) is 6.20 Å². The van der Waals surface area contributed by atoms with Crippen molar-refractivity contribution in [3.63, 3.8) is 0 Å². The van der Waals surface area contributed by atoms with Gasteiger partial charge in [0.25, 0.3) is 11.8 Å². The summed E-state index contributed by atoms with van der Waals surface area (Å²) < 4.78 is 34.9. The lowest BCUT2D eigenvalue weighted by atomic mass is 10.0. The van der Waals surface area contributed by atoms with Crippen molar-refractivity contribution in [3.05, 3.63) is 96.7 Å². The molecule has 5 heterocycles. The summed E-state index contributed by atoms with van der Waals surface area (Å²) in [6.07, 6.45) is 7.13. The molecule has 3 aromatic carbocycles. The van der Waals surface area contributed by atoms with Gasteiger partial charge in [0.2, 0.25) is 0 Å². The number of carbonyl (C=O) groups excluding carboxylic acids is 4. The van der Waals surface area contributed by atoms with Crippen molar-refractivity contribution in [2.75, 3.05) is 102 Å². The van der Waals surface area contributed by atoms with Crippen LogP contribution in [0.1, 0.15) is 71.2 Å². The van der Waals surface area contributed by atoms with Crippen LogP contribution in [0.3, 0.4) is 0 Å². The summed E-state index contributed by atoms with van der Waals surface area (Å²) in [6.45, 7) is 12.5. The first-order chi connectivity index (χ1) is 33.5. The molecule has 1 N–H and O–H groups in total. The van der Waals surface area contributed by atoms with Crippen molar-refractivity contribution in [3.8, 4) is 23.0 Å². The minimum absolute atomic E-state index is 0.00425. The van der Waals surface area contributed by atoms with Gasteiger partial charge in [0, 0.05) is 56.7 Å². The summed E-state index contributed by atoms with van der Waals surface area (Å²) in [5.74, 6) is 0.792. The van der Waals surface area contributed by atoms with Gasteiger partial charge in [-0.25, -0.2) is 14.5 Å². The number of carbonyl (C=O) groups is 4. The number of unbranched alkanes of at least 4 members (excludes halogenated alkanes) is 2. The van der Waals surface area contributed by atoms with Gasteiger partial charge in [0.05, 0.1) is 68.6 Å². The van der Waals surface area contributed by atoms with Crippen LogP contribution in [-0.2, 0) is 9.47 Å². The van der Waals surface area contributed by atoms with Crippen LogP contribution in [0.4, 0.5) is 26.7 Å². The summed E-state index contributed by atoms with van der Waals surface area (Å²) in [5.41, 5.74) is 4.22. The average Bonchev–Trinajstić information content (AvgIpc) is 3.87. The SMILES string of the molecule is C=CCOC(=O)N1C[C@@H]2CC(c3ccc(N4CCN(C)CC4)cc3)=CN2C(=O)c2cc(OC)c(OCCCCCOc3cc4c(cc3OC)C(=O)N3CC5(CC5)C[C@H]3C(O)N4C(=O)OCC=C)cc21. The second-order valence-electron chi connectivity index (χ2n) is 18.7. The molecule has 1 spiro atoms. The fraction of sp³-hybridized carbons (Fsp3) is 0.462. The number of hydrogen-bond donors (Lipinski definition) is 1. The maximum Gasteiger partial charge on any atom is 0.416 e. The molecule has 69 heavy (non-hydrogen) atoms. The third-order valence-corrected chi connectivity index (χ3v) is 14.2. The molecule has 5 aliphatic heterocycles. The van der Waals surface area contributed by atoms with Gasteiger partial charge < -0.3 is 53.1 Å². The molecule has 17 nitrogen and oxygen atoms in total. The lowest BCUT2D eigenvalue weighted by Gasteiger charge is -2.34. The van der Waals surface area contributed by atoms with E-state index in [-0.39, 0.29) is 66.5 Å². The zero-order chi connectivity index (χ0) is 48.4. The normalized spacial score (nSPS) is 21.3. The molecule has 4 amide bonds. The molecule has 1 unspecified atom stereocenters. The third kappa shape index (κ3) is 9.54. The van der Waals surface area contributed by atoms with E-state index in [1.165, 1.54) is 37.0 Å². The molecular formula is C52H62N6O11. The fourth-order valence-corrected chi connectivity index (χ4v) is 10.2. The molecule has 3 atom stereocenters. The van der Waals surface area contributed by atoms with Gasteiger partial charge in [-0.05, 0) is 92.8 Å². The minimum atomic E-state index is -1.33. The third-order valence-electron chi connectivity index (χ3n) is 14.2. The summed E-state index contributed by atoms with van der Waals surface area (Å²) in [4.78, 5) is 66.4. The summed E-state index contributed by atoms with van der Waals surface area (Å²) in [6, 6.07) is 14.0. The van der Waals surface area contributed by atoms with Crippen LogP contribution >= 0.6 is 0 Å². The van der Waals surface area contributed by atoms with Crippen LogP contribution in [0.5, 0.6) is 23.0 Å². The lowest BCUT2D eigenvalue weighted by molar-refractivity contribution is 0.0496. The van der Waals surface area contributed by atoms with Crippen molar-refractivity contribution < 1.29 is 52.7 Å². The van der Waals surface area contributed by atoms with E-state index in [9.17, 15) is 24.3 Å². The zero-order valence-electron chi connectivity index (χ0n) is 39.7.